The predicted octanol–water partition coefficient (Wildman–Crippen LogP) is 2.84. The van der Waals surface area contributed by atoms with Gasteiger partial charge < -0.3 is 4.74 Å². The standard InChI is InChI=1S/C15H23NO3S/c1-10-9-14(19-4)11(2)12(3)15(10)20(17,18)16-13-7-5-6-8-13/h9,13,16H,5-8H2,1-4H3. The number of sulfonamides is 1. The van der Waals surface area contributed by atoms with E-state index in [1.54, 1.807) is 13.2 Å². The van der Waals surface area contributed by atoms with Gasteiger partial charge in [-0.05, 0) is 56.4 Å². The molecule has 5 heteroatoms. The van der Waals surface area contributed by atoms with Gasteiger partial charge in [-0.25, -0.2) is 13.1 Å². The number of benzene rings is 1. The predicted molar refractivity (Wildman–Crippen MR) is 79.8 cm³/mol. The van der Waals surface area contributed by atoms with Crippen molar-refractivity contribution in [2.24, 2.45) is 0 Å². The number of aryl methyl sites for hydroxylation is 1. The van der Waals surface area contributed by atoms with Crippen LogP contribution in [0.3, 0.4) is 0 Å². The number of ether oxygens (including phenoxy) is 1. The highest BCUT2D eigenvalue weighted by atomic mass is 32.2. The van der Waals surface area contributed by atoms with Crippen molar-refractivity contribution < 1.29 is 13.2 Å². The van der Waals surface area contributed by atoms with Gasteiger partial charge in [-0.1, -0.05) is 12.8 Å². The quantitative estimate of drug-likeness (QED) is 0.929. The van der Waals surface area contributed by atoms with E-state index in [0.717, 1.165) is 48.1 Å². The lowest BCUT2D eigenvalue weighted by molar-refractivity contribution is 0.410. The zero-order valence-corrected chi connectivity index (χ0v) is 13.4. The highest BCUT2D eigenvalue weighted by Gasteiger charge is 2.27. The van der Waals surface area contributed by atoms with E-state index in [-0.39, 0.29) is 6.04 Å². The first-order valence-electron chi connectivity index (χ1n) is 7.04. The van der Waals surface area contributed by atoms with Crippen molar-refractivity contribution in [1.82, 2.24) is 4.72 Å². The summed E-state index contributed by atoms with van der Waals surface area (Å²) in [7, 11) is -1.85. The van der Waals surface area contributed by atoms with Crippen molar-refractivity contribution in [1.29, 1.82) is 0 Å². The molecule has 1 N–H and O–H groups in total. The Kier molecular flexibility index (Phi) is 4.39. The lowest BCUT2D eigenvalue weighted by Gasteiger charge is -2.19. The first-order chi connectivity index (χ1) is 9.36. The molecule has 0 atom stereocenters. The maximum atomic E-state index is 12.6. The third kappa shape index (κ3) is 2.83. The Hall–Kier alpha value is -1.07. The second kappa shape index (κ2) is 5.74. The van der Waals surface area contributed by atoms with Gasteiger partial charge in [0.05, 0.1) is 12.0 Å². The monoisotopic (exact) mass is 297 g/mol. The van der Waals surface area contributed by atoms with Crippen LogP contribution >= 0.6 is 0 Å². The molecule has 1 saturated carbocycles. The van der Waals surface area contributed by atoms with Crippen LogP contribution in [0.25, 0.3) is 0 Å². The second-order valence-electron chi connectivity index (χ2n) is 5.58. The minimum absolute atomic E-state index is 0.0845. The van der Waals surface area contributed by atoms with E-state index in [4.69, 9.17) is 4.74 Å². The van der Waals surface area contributed by atoms with E-state index in [9.17, 15) is 8.42 Å². The fourth-order valence-corrected chi connectivity index (χ4v) is 4.80. The van der Waals surface area contributed by atoms with Crippen LogP contribution in [0, 0.1) is 20.8 Å². The highest BCUT2D eigenvalue weighted by molar-refractivity contribution is 7.89. The minimum Gasteiger partial charge on any atom is -0.496 e. The van der Waals surface area contributed by atoms with Crippen LogP contribution < -0.4 is 9.46 Å². The third-order valence-electron chi connectivity index (χ3n) is 4.14. The summed E-state index contributed by atoms with van der Waals surface area (Å²) in [4.78, 5) is 0.405. The van der Waals surface area contributed by atoms with Gasteiger partial charge in [-0.15, -0.1) is 0 Å². The van der Waals surface area contributed by atoms with E-state index in [1.165, 1.54) is 0 Å². The normalized spacial score (nSPS) is 16.6. The molecule has 112 valence electrons. The first-order valence-corrected chi connectivity index (χ1v) is 8.52. The molecule has 1 aliphatic carbocycles. The molecule has 4 nitrogen and oxygen atoms in total. The lowest BCUT2D eigenvalue weighted by Crippen LogP contribution is -2.33. The Morgan fingerprint density at radius 2 is 1.75 bits per heavy atom. The Bertz CT molecular complexity index is 602. The fourth-order valence-electron chi connectivity index (χ4n) is 2.97. The van der Waals surface area contributed by atoms with Crippen molar-refractivity contribution in [3.8, 4) is 5.75 Å². The topological polar surface area (TPSA) is 55.4 Å². The van der Waals surface area contributed by atoms with Gasteiger partial charge in [0.1, 0.15) is 5.75 Å². The molecule has 0 saturated heterocycles. The zero-order chi connectivity index (χ0) is 14.9. The van der Waals surface area contributed by atoms with Gasteiger partial charge in [-0.2, -0.15) is 0 Å². The van der Waals surface area contributed by atoms with Gasteiger partial charge in [0.15, 0.2) is 0 Å². The molecule has 0 bridgehead atoms. The molecule has 20 heavy (non-hydrogen) atoms. The second-order valence-corrected chi connectivity index (χ2v) is 7.23. The van der Waals surface area contributed by atoms with E-state index >= 15 is 0 Å². The Labute approximate surface area is 121 Å². The highest BCUT2D eigenvalue weighted by Crippen LogP contribution is 2.31. The smallest absolute Gasteiger partial charge is 0.241 e. The number of nitrogens with one attached hydrogen (secondary N) is 1. The average molecular weight is 297 g/mol. The summed E-state index contributed by atoms with van der Waals surface area (Å²) >= 11 is 0. The maximum Gasteiger partial charge on any atom is 0.241 e. The Balaban J connectivity index is 2.43. The molecule has 0 aromatic heterocycles. The van der Waals surface area contributed by atoms with Crippen LogP contribution in [0.5, 0.6) is 5.75 Å². The summed E-state index contributed by atoms with van der Waals surface area (Å²) in [6, 6.07) is 1.88. The number of hydrogen-bond acceptors (Lipinski definition) is 3. The summed E-state index contributed by atoms with van der Waals surface area (Å²) < 4.78 is 33.4. The molecule has 0 unspecified atom stereocenters. The number of rotatable bonds is 4. The van der Waals surface area contributed by atoms with E-state index in [0.29, 0.717) is 4.90 Å². The van der Waals surface area contributed by atoms with Crippen LogP contribution in [0.2, 0.25) is 0 Å². The molecule has 1 aromatic rings. The maximum absolute atomic E-state index is 12.6. The molecular formula is C15H23NO3S. The zero-order valence-electron chi connectivity index (χ0n) is 12.6. The lowest BCUT2D eigenvalue weighted by atomic mass is 10.1. The number of methoxy groups -OCH3 is 1. The van der Waals surface area contributed by atoms with E-state index in [2.05, 4.69) is 4.72 Å². The van der Waals surface area contributed by atoms with Crippen molar-refractivity contribution in [3.05, 3.63) is 22.8 Å². The summed E-state index contributed by atoms with van der Waals surface area (Å²) in [5.41, 5.74) is 2.38. The summed E-state index contributed by atoms with van der Waals surface area (Å²) in [5.74, 6) is 0.736. The van der Waals surface area contributed by atoms with Crippen LogP contribution in [-0.4, -0.2) is 21.6 Å². The molecular weight excluding hydrogens is 274 g/mol. The largest absolute Gasteiger partial charge is 0.496 e. The first kappa shape index (κ1) is 15.3. The molecule has 1 fully saturated rings. The van der Waals surface area contributed by atoms with Gasteiger partial charge in [0, 0.05) is 6.04 Å². The van der Waals surface area contributed by atoms with Crippen LogP contribution in [-0.2, 0) is 10.0 Å². The molecule has 0 amide bonds. The number of hydrogen-bond donors (Lipinski definition) is 1. The molecule has 1 aliphatic rings. The van der Waals surface area contributed by atoms with Gasteiger partial charge in [0.2, 0.25) is 10.0 Å². The Morgan fingerprint density at radius 3 is 2.30 bits per heavy atom. The fraction of sp³-hybridized carbons (Fsp3) is 0.600. The third-order valence-corrected chi connectivity index (χ3v) is 5.95. The summed E-state index contributed by atoms with van der Waals surface area (Å²) in [6.07, 6.45) is 4.08. The summed E-state index contributed by atoms with van der Waals surface area (Å²) in [5, 5.41) is 0. The molecule has 0 spiro atoms. The van der Waals surface area contributed by atoms with E-state index < -0.39 is 10.0 Å². The van der Waals surface area contributed by atoms with Crippen molar-refractivity contribution in [2.45, 2.75) is 57.4 Å². The molecule has 0 heterocycles. The van der Waals surface area contributed by atoms with Crippen LogP contribution in [0.15, 0.2) is 11.0 Å². The van der Waals surface area contributed by atoms with E-state index in [1.807, 2.05) is 20.8 Å². The Morgan fingerprint density at radius 1 is 1.15 bits per heavy atom. The SMILES string of the molecule is COc1cc(C)c(S(=O)(=O)NC2CCCC2)c(C)c1C. The van der Waals surface area contributed by atoms with Gasteiger partial charge >= 0.3 is 0 Å². The van der Waals surface area contributed by atoms with Crippen LogP contribution in [0.1, 0.15) is 42.4 Å². The molecule has 0 radical (unpaired) electrons. The van der Waals surface area contributed by atoms with Crippen LogP contribution in [0.4, 0.5) is 0 Å². The minimum atomic E-state index is -3.46. The summed E-state index contributed by atoms with van der Waals surface area (Å²) in [6.45, 7) is 5.55. The van der Waals surface area contributed by atoms with Gasteiger partial charge in [-0.3, -0.25) is 0 Å². The average Bonchev–Trinajstić information content (AvgIpc) is 2.85. The van der Waals surface area contributed by atoms with Crippen molar-refractivity contribution >= 4 is 10.0 Å². The van der Waals surface area contributed by atoms with Crippen molar-refractivity contribution in [3.63, 3.8) is 0 Å². The molecule has 1 aromatic carbocycles. The molecule has 2 rings (SSSR count). The molecule has 0 aliphatic heterocycles. The van der Waals surface area contributed by atoms with Gasteiger partial charge in [0.25, 0.3) is 0 Å². The van der Waals surface area contributed by atoms with Crippen molar-refractivity contribution in [2.75, 3.05) is 7.11 Å².